The fourth-order valence-electron chi connectivity index (χ4n) is 3.22. The second-order valence-electron chi connectivity index (χ2n) is 6.40. The van der Waals surface area contributed by atoms with Gasteiger partial charge in [-0.05, 0) is 52.9 Å². The fraction of sp³-hybridized carbons (Fsp3) is 1.00. The van der Waals surface area contributed by atoms with Gasteiger partial charge in [0.2, 0.25) is 0 Å². The Balaban J connectivity index is 2.04. The molecule has 2 aliphatic rings. The average molecular weight is 213 g/mol. The SMILES string of the molecule is CC1(C)CC(CC2CO2)CC(C)(C)N1O. The summed E-state index contributed by atoms with van der Waals surface area (Å²) in [6.07, 6.45) is 3.80. The van der Waals surface area contributed by atoms with Crippen LogP contribution in [0.15, 0.2) is 0 Å². The molecular weight excluding hydrogens is 190 g/mol. The molecule has 0 aliphatic carbocycles. The molecule has 88 valence electrons. The number of ether oxygens (including phenoxy) is 1. The molecule has 0 radical (unpaired) electrons. The first kappa shape index (κ1) is 11.4. The predicted octanol–water partition coefficient (Wildman–Crippen LogP) is 2.43. The van der Waals surface area contributed by atoms with Crippen LogP contribution in [0.5, 0.6) is 0 Å². The van der Waals surface area contributed by atoms with E-state index in [1.165, 1.54) is 6.42 Å². The number of rotatable bonds is 2. The van der Waals surface area contributed by atoms with Crippen molar-refractivity contribution >= 4 is 0 Å². The van der Waals surface area contributed by atoms with E-state index in [1.54, 1.807) is 5.06 Å². The maximum absolute atomic E-state index is 10.1. The number of hydrogen-bond acceptors (Lipinski definition) is 3. The van der Waals surface area contributed by atoms with Gasteiger partial charge < -0.3 is 9.94 Å². The molecular formula is C12H23NO2. The van der Waals surface area contributed by atoms with Gasteiger partial charge in [0, 0.05) is 11.1 Å². The van der Waals surface area contributed by atoms with Gasteiger partial charge in [-0.15, -0.1) is 0 Å². The quantitative estimate of drug-likeness (QED) is 0.716. The summed E-state index contributed by atoms with van der Waals surface area (Å²) in [5, 5.41) is 11.7. The fourth-order valence-corrected chi connectivity index (χ4v) is 3.22. The Kier molecular flexibility index (Phi) is 2.61. The molecule has 0 aromatic heterocycles. The molecule has 2 heterocycles. The minimum atomic E-state index is -0.110. The number of hydrogen-bond donors (Lipinski definition) is 1. The molecule has 1 N–H and O–H groups in total. The minimum Gasteiger partial charge on any atom is -0.373 e. The van der Waals surface area contributed by atoms with Crippen LogP contribution in [0.1, 0.15) is 47.0 Å². The van der Waals surface area contributed by atoms with Gasteiger partial charge in [-0.25, -0.2) is 0 Å². The second kappa shape index (κ2) is 3.44. The summed E-state index contributed by atoms with van der Waals surface area (Å²) in [6, 6.07) is 0. The van der Waals surface area contributed by atoms with Crippen LogP contribution in [0.25, 0.3) is 0 Å². The van der Waals surface area contributed by atoms with Crippen molar-refractivity contribution in [2.75, 3.05) is 6.61 Å². The van der Waals surface area contributed by atoms with E-state index in [9.17, 15) is 5.21 Å². The van der Waals surface area contributed by atoms with Crippen LogP contribution in [-0.2, 0) is 4.74 Å². The molecule has 3 heteroatoms. The van der Waals surface area contributed by atoms with Gasteiger partial charge in [-0.3, -0.25) is 0 Å². The summed E-state index contributed by atoms with van der Waals surface area (Å²) in [4.78, 5) is 0. The highest BCUT2D eigenvalue weighted by Crippen LogP contribution is 2.42. The monoisotopic (exact) mass is 213 g/mol. The second-order valence-corrected chi connectivity index (χ2v) is 6.40. The molecule has 15 heavy (non-hydrogen) atoms. The molecule has 0 spiro atoms. The van der Waals surface area contributed by atoms with Crippen molar-refractivity contribution < 1.29 is 9.94 Å². The van der Waals surface area contributed by atoms with Crippen LogP contribution >= 0.6 is 0 Å². The summed E-state index contributed by atoms with van der Waals surface area (Å²) >= 11 is 0. The Morgan fingerprint density at radius 1 is 1.20 bits per heavy atom. The Labute approximate surface area is 92.4 Å². The molecule has 0 aromatic rings. The molecule has 0 amide bonds. The highest BCUT2D eigenvalue weighted by molar-refractivity contribution is 4.97. The van der Waals surface area contributed by atoms with E-state index in [-0.39, 0.29) is 11.1 Å². The van der Waals surface area contributed by atoms with Crippen molar-refractivity contribution in [3.8, 4) is 0 Å². The molecule has 2 fully saturated rings. The Hall–Kier alpha value is -0.120. The van der Waals surface area contributed by atoms with E-state index >= 15 is 0 Å². The maximum Gasteiger partial charge on any atom is 0.0812 e. The normalized spacial score (nSPS) is 35.4. The summed E-state index contributed by atoms with van der Waals surface area (Å²) in [6.45, 7) is 9.42. The van der Waals surface area contributed by atoms with Crippen LogP contribution in [0, 0.1) is 5.92 Å². The van der Waals surface area contributed by atoms with E-state index in [4.69, 9.17) is 4.74 Å². The lowest BCUT2D eigenvalue weighted by Crippen LogP contribution is -2.59. The third-order valence-electron chi connectivity index (χ3n) is 3.72. The van der Waals surface area contributed by atoms with Crippen LogP contribution < -0.4 is 0 Å². The molecule has 2 aliphatic heterocycles. The van der Waals surface area contributed by atoms with E-state index < -0.39 is 0 Å². The van der Waals surface area contributed by atoms with Crippen LogP contribution in [0.4, 0.5) is 0 Å². The summed E-state index contributed by atoms with van der Waals surface area (Å²) < 4.78 is 5.30. The van der Waals surface area contributed by atoms with Crippen molar-refractivity contribution in [2.45, 2.75) is 64.1 Å². The zero-order valence-corrected chi connectivity index (χ0v) is 10.3. The lowest BCUT2D eigenvalue weighted by molar-refractivity contribution is -0.251. The zero-order valence-electron chi connectivity index (χ0n) is 10.3. The molecule has 2 rings (SSSR count). The zero-order chi connectivity index (χ0) is 11.3. The molecule has 0 bridgehead atoms. The standard InChI is InChI=1S/C12H23NO2/c1-11(2)6-9(5-10-8-15-10)7-12(3,4)13(11)14/h9-10,14H,5-8H2,1-4H3. The molecule has 0 saturated carbocycles. The Morgan fingerprint density at radius 3 is 2.07 bits per heavy atom. The smallest absolute Gasteiger partial charge is 0.0812 e. The predicted molar refractivity (Wildman–Crippen MR) is 58.9 cm³/mol. The van der Waals surface area contributed by atoms with Gasteiger partial charge in [0.25, 0.3) is 0 Å². The summed E-state index contributed by atoms with van der Waals surface area (Å²) in [5.41, 5.74) is -0.220. The number of nitrogens with zero attached hydrogens (tertiary/aromatic N) is 1. The van der Waals surface area contributed by atoms with Crippen LogP contribution in [0.3, 0.4) is 0 Å². The van der Waals surface area contributed by atoms with Gasteiger partial charge in [0.15, 0.2) is 0 Å². The van der Waals surface area contributed by atoms with Gasteiger partial charge >= 0.3 is 0 Å². The van der Waals surface area contributed by atoms with Gasteiger partial charge in [-0.1, -0.05) is 0 Å². The molecule has 2 saturated heterocycles. The first-order chi connectivity index (χ1) is 6.81. The van der Waals surface area contributed by atoms with Gasteiger partial charge in [0.1, 0.15) is 0 Å². The molecule has 1 atom stereocenters. The van der Waals surface area contributed by atoms with Crippen molar-refractivity contribution in [1.82, 2.24) is 5.06 Å². The molecule has 3 nitrogen and oxygen atoms in total. The van der Waals surface area contributed by atoms with E-state index in [1.807, 2.05) is 0 Å². The lowest BCUT2D eigenvalue weighted by Gasteiger charge is -2.51. The third kappa shape index (κ3) is 2.35. The van der Waals surface area contributed by atoms with E-state index in [2.05, 4.69) is 27.7 Å². The minimum absolute atomic E-state index is 0.110. The topological polar surface area (TPSA) is 36.0 Å². The van der Waals surface area contributed by atoms with E-state index in [0.29, 0.717) is 12.0 Å². The van der Waals surface area contributed by atoms with Crippen LogP contribution in [-0.4, -0.2) is 34.1 Å². The maximum atomic E-state index is 10.1. The first-order valence-corrected chi connectivity index (χ1v) is 5.92. The summed E-state index contributed by atoms with van der Waals surface area (Å²) in [5.74, 6) is 0.686. The van der Waals surface area contributed by atoms with Gasteiger partial charge in [-0.2, -0.15) is 5.06 Å². The number of epoxide rings is 1. The van der Waals surface area contributed by atoms with Gasteiger partial charge in [0.05, 0.1) is 12.7 Å². The highest BCUT2D eigenvalue weighted by Gasteiger charge is 2.46. The highest BCUT2D eigenvalue weighted by atomic mass is 16.6. The van der Waals surface area contributed by atoms with E-state index in [0.717, 1.165) is 19.4 Å². The van der Waals surface area contributed by atoms with Crippen LogP contribution in [0.2, 0.25) is 0 Å². The molecule has 0 aromatic carbocycles. The number of hydroxylamine groups is 2. The lowest BCUT2D eigenvalue weighted by atomic mass is 9.74. The Morgan fingerprint density at radius 2 is 1.67 bits per heavy atom. The molecule has 1 unspecified atom stereocenters. The Bertz CT molecular complexity index is 228. The van der Waals surface area contributed by atoms with Crippen molar-refractivity contribution in [1.29, 1.82) is 0 Å². The number of piperidine rings is 1. The van der Waals surface area contributed by atoms with Crippen molar-refractivity contribution in [3.63, 3.8) is 0 Å². The average Bonchev–Trinajstić information content (AvgIpc) is 2.82. The largest absolute Gasteiger partial charge is 0.373 e. The summed E-state index contributed by atoms with van der Waals surface area (Å²) in [7, 11) is 0. The first-order valence-electron chi connectivity index (χ1n) is 5.92. The van der Waals surface area contributed by atoms with Crippen molar-refractivity contribution in [3.05, 3.63) is 0 Å². The van der Waals surface area contributed by atoms with Crippen molar-refractivity contribution in [2.24, 2.45) is 5.92 Å². The third-order valence-corrected chi connectivity index (χ3v) is 3.72.